The van der Waals surface area contributed by atoms with Crippen molar-refractivity contribution < 1.29 is 19.4 Å². The molecule has 1 aliphatic carbocycles. The van der Waals surface area contributed by atoms with Crippen molar-refractivity contribution in [3.63, 3.8) is 0 Å². The van der Waals surface area contributed by atoms with Crippen LogP contribution in [0.4, 0.5) is 0 Å². The molecule has 3 aromatic carbocycles. The van der Waals surface area contributed by atoms with Crippen LogP contribution in [0.2, 0.25) is 10.0 Å². The number of rotatable bonds is 6. The van der Waals surface area contributed by atoms with E-state index < -0.39 is 18.6 Å². The SMILES string of the molecule is O=C(O)COc1ccc(Cl)cc1[C@@H]1c2ccccc2CCN1C(=O)[C@@H]1C[C@H]1c1cccc(Cl)c1. The Kier molecular flexibility index (Phi) is 6.24. The molecule has 7 heteroatoms. The number of ether oxygens (including phenoxy) is 1. The van der Waals surface area contributed by atoms with Gasteiger partial charge in [0.1, 0.15) is 5.75 Å². The molecule has 1 N–H and O–H groups in total. The van der Waals surface area contributed by atoms with Crippen molar-refractivity contribution >= 4 is 35.1 Å². The summed E-state index contributed by atoms with van der Waals surface area (Å²) in [6.45, 7) is 0.0839. The fraction of sp³-hybridized carbons (Fsp3) is 0.259. The van der Waals surface area contributed by atoms with Gasteiger partial charge < -0.3 is 14.7 Å². The summed E-state index contributed by atoms with van der Waals surface area (Å²) in [4.78, 5) is 26.9. The molecule has 0 radical (unpaired) electrons. The topological polar surface area (TPSA) is 66.8 Å². The number of halogens is 2. The summed E-state index contributed by atoms with van der Waals surface area (Å²) in [7, 11) is 0. The second kappa shape index (κ2) is 9.32. The summed E-state index contributed by atoms with van der Waals surface area (Å²) in [6, 6.07) is 20.4. The lowest BCUT2D eigenvalue weighted by Gasteiger charge is -2.38. The molecule has 1 aliphatic heterocycles. The number of hydrogen-bond acceptors (Lipinski definition) is 3. The van der Waals surface area contributed by atoms with Gasteiger partial charge in [0.15, 0.2) is 6.61 Å². The molecule has 1 fully saturated rings. The molecule has 1 heterocycles. The summed E-state index contributed by atoms with van der Waals surface area (Å²) in [5.41, 5.74) is 3.93. The molecule has 2 aliphatic rings. The van der Waals surface area contributed by atoms with E-state index in [1.54, 1.807) is 18.2 Å². The summed E-state index contributed by atoms with van der Waals surface area (Å²) in [6.07, 6.45) is 1.53. The van der Waals surface area contributed by atoms with Crippen LogP contribution in [0, 0.1) is 5.92 Å². The molecule has 1 saturated carbocycles. The summed E-state index contributed by atoms with van der Waals surface area (Å²) in [5, 5.41) is 10.3. The number of benzene rings is 3. The van der Waals surface area contributed by atoms with Crippen molar-refractivity contribution in [3.05, 3.63) is 99.0 Å². The minimum Gasteiger partial charge on any atom is -0.482 e. The maximum Gasteiger partial charge on any atom is 0.341 e. The smallest absolute Gasteiger partial charge is 0.341 e. The molecule has 5 nitrogen and oxygen atoms in total. The highest BCUT2D eigenvalue weighted by Gasteiger charge is 2.48. The Hall–Kier alpha value is -3.02. The normalized spacial score (nSPS) is 21.0. The maximum absolute atomic E-state index is 13.8. The van der Waals surface area contributed by atoms with Crippen molar-refractivity contribution in [2.24, 2.45) is 5.92 Å². The molecule has 3 aromatic rings. The Balaban J connectivity index is 1.52. The highest BCUT2D eigenvalue weighted by molar-refractivity contribution is 6.31. The van der Waals surface area contributed by atoms with Gasteiger partial charge in [0.05, 0.1) is 6.04 Å². The molecule has 0 spiro atoms. The number of carbonyl (C=O) groups is 2. The lowest BCUT2D eigenvalue weighted by molar-refractivity contribution is -0.139. The number of fused-ring (bicyclic) bond motifs is 1. The molecule has 0 unspecified atom stereocenters. The lowest BCUT2D eigenvalue weighted by atomic mass is 9.87. The first-order chi connectivity index (χ1) is 16.4. The quantitative estimate of drug-likeness (QED) is 0.473. The monoisotopic (exact) mass is 495 g/mol. The van der Waals surface area contributed by atoms with E-state index >= 15 is 0 Å². The van der Waals surface area contributed by atoms with Gasteiger partial charge in [-0.2, -0.15) is 0 Å². The van der Waals surface area contributed by atoms with Crippen LogP contribution in [0.15, 0.2) is 66.7 Å². The number of carboxylic acids is 1. The number of aliphatic carboxylic acids is 1. The number of amides is 1. The molecule has 1 amide bonds. The predicted octanol–water partition coefficient (Wildman–Crippen LogP) is 5.73. The Morgan fingerprint density at radius 3 is 2.56 bits per heavy atom. The first-order valence-electron chi connectivity index (χ1n) is 11.2. The molecule has 3 atom stereocenters. The average Bonchev–Trinajstić information content (AvgIpc) is 3.63. The molecule has 0 bridgehead atoms. The van der Waals surface area contributed by atoms with Gasteiger partial charge in [-0.05, 0) is 65.8 Å². The van der Waals surface area contributed by atoms with Crippen LogP contribution >= 0.6 is 23.2 Å². The second-order valence-electron chi connectivity index (χ2n) is 8.75. The third-order valence-electron chi connectivity index (χ3n) is 6.57. The van der Waals surface area contributed by atoms with Gasteiger partial charge in [-0.25, -0.2) is 4.79 Å². The summed E-state index contributed by atoms with van der Waals surface area (Å²) < 4.78 is 5.62. The molecule has 0 saturated heterocycles. The first kappa shape index (κ1) is 22.8. The predicted molar refractivity (Wildman–Crippen MR) is 131 cm³/mol. The van der Waals surface area contributed by atoms with E-state index in [9.17, 15) is 9.59 Å². The van der Waals surface area contributed by atoms with E-state index in [-0.39, 0.29) is 17.7 Å². The van der Waals surface area contributed by atoms with Crippen molar-refractivity contribution in [1.82, 2.24) is 4.90 Å². The maximum atomic E-state index is 13.8. The van der Waals surface area contributed by atoms with Crippen molar-refractivity contribution in [1.29, 1.82) is 0 Å². The minimum absolute atomic E-state index is 0.0774. The second-order valence-corrected chi connectivity index (χ2v) is 9.62. The average molecular weight is 496 g/mol. The van der Waals surface area contributed by atoms with Gasteiger partial charge in [-0.1, -0.05) is 59.6 Å². The van der Waals surface area contributed by atoms with Gasteiger partial charge in [0, 0.05) is 28.1 Å². The largest absolute Gasteiger partial charge is 0.482 e. The van der Waals surface area contributed by atoms with Crippen LogP contribution < -0.4 is 4.74 Å². The van der Waals surface area contributed by atoms with Crippen LogP contribution in [0.1, 0.15) is 40.6 Å². The third-order valence-corrected chi connectivity index (χ3v) is 7.04. The Morgan fingerprint density at radius 1 is 0.971 bits per heavy atom. The first-order valence-corrected chi connectivity index (χ1v) is 12.0. The molecule has 34 heavy (non-hydrogen) atoms. The zero-order valence-electron chi connectivity index (χ0n) is 18.3. The summed E-state index contributed by atoms with van der Waals surface area (Å²) >= 11 is 12.5. The Bertz CT molecular complexity index is 1260. The van der Waals surface area contributed by atoms with Crippen LogP contribution in [-0.2, 0) is 16.0 Å². The number of carbonyl (C=O) groups excluding carboxylic acids is 1. The molecular formula is C27H23Cl2NO4. The van der Waals surface area contributed by atoms with Gasteiger partial charge in [-0.15, -0.1) is 0 Å². The van der Waals surface area contributed by atoms with E-state index in [0.29, 0.717) is 27.9 Å². The fourth-order valence-corrected chi connectivity index (χ4v) is 5.31. The van der Waals surface area contributed by atoms with Crippen molar-refractivity contribution in [3.8, 4) is 5.75 Å². The lowest BCUT2D eigenvalue weighted by Crippen LogP contribution is -2.41. The van der Waals surface area contributed by atoms with Crippen LogP contribution in [-0.4, -0.2) is 35.0 Å². The van der Waals surface area contributed by atoms with Gasteiger partial charge in [0.25, 0.3) is 0 Å². The Morgan fingerprint density at radius 2 is 1.76 bits per heavy atom. The zero-order valence-corrected chi connectivity index (χ0v) is 19.8. The van der Waals surface area contributed by atoms with Gasteiger partial charge in [-0.3, -0.25) is 4.79 Å². The van der Waals surface area contributed by atoms with E-state index in [2.05, 4.69) is 6.07 Å². The molecule has 5 rings (SSSR count). The van der Waals surface area contributed by atoms with E-state index in [0.717, 1.165) is 29.5 Å². The molecule has 0 aromatic heterocycles. The minimum atomic E-state index is -1.07. The third kappa shape index (κ3) is 4.50. The van der Waals surface area contributed by atoms with Gasteiger partial charge >= 0.3 is 5.97 Å². The summed E-state index contributed by atoms with van der Waals surface area (Å²) in [5.74, 6) is -0.553. The van der Waals surface area contributed by atoms with Crippen LogP contribution in [0.5, 0.6) is 5.75 Å². The van der Waals surface area contributed by atoms with Crippen molar-refractivity contribution in [2.75, 3.05) is 13.2 Å². The molecular weight excluding hydrogens is 473 g/mol. The number of carboxylic acid groups (broad SMARTS) is 1. The van der Waals surface area contributed by atoms with Crippen LogP contribution in [0.25, 0.3) is 0 Å². The molecule has 174 valence electrons. The number of hydrogen-bond donors (Lipinski definition) is 1. The Labute approximate surface area is 207 Å². The van der Waals surface area contributed by atoms with E-state index in [1.165, 1.54) is 0 Å². The zero-order chi connectivity index (χ0) is 23.8. The van der Waals surface area contributed by atoms with E-state index in [1.807, 2.05) is 47.4 Å². The van der Waals surface area contributed by atoms with E-state index in [4.69, 9.17) is 33.0 Å². The van der Waals surface area contributed by atoms with Gasteiger partial charge in [0.2, 0.25) is 5.91 Å². The number of nitrogens with zero attached hydrogens (tertiary/aromatic N) is 1. The van der Waals surface area contributed by atoms with Crippen LogP contribution in [0.3, 0.4) is 0 Å². The fourth-order valence-electron chi connectivity index (χ4n) is 4.93. The standard InChI is InChI=1S/C27H23Cl2NO4/c28-18-6-3-5-17(12-18)21-14-22(21)27(33)30-11-10-16-4-1-2-7-20(16)26(30)23-13-19(29)8-9-24(23)34-15-25(31)32/h1-9,12-13,21-22,26H,10-11,14-15H2,(H,31,32)/t21-,22+,26-/m0/s1. The van der Waals surface area contributed by atoms with Crippen molar-refractivity contribution in [2.45, 2.75) is 24.8 Å². The highest BCUT2D eigenvalue weighted by atomic mass is 35.5. The highest BCUT2D eigenvalue weighted by Crippen LogP contribution is 2.51.